The van der Waals surface area contributed by atoms with Gasteiger partial charge >= 0.3 is 11.9 Å². The van der Waals surface area contributed by atoms with Gasteiger partial charge in [0.25, 0.3) is 7.82 Å². The van der Waals surface area contributed by atoms with E-state index in [-0.39, 0.29) is 43.7 Å². The molecule has 1 rings (SSSR count). The Kier molecular flexibility index (Phi) is 29.1. The molecule has 1 N–H and O–H groups in total. The second-order valence-corrected chi connectivity index (χ2v) is 17.4. The molecule has 0 aromatic carbocycles. The fourth-order valence-corrected chi connectivity index (χ4v) is 6.78. The third-order valence-corrected chi connectivity index (χ3v) is 10.5. The van der Waals surface area contributed by atoms with E-state index in [0.717, 1.165) is 57.8 Å². The van der Waals surface area contributed by atoms with E-state index in [4.69, 9.17) is 18.5 Å². The zero-order valence-corrected chi connectivity index (χ0v) is 36.3. The van der Waals surface area contributed by atoms with Crippen molar-refractivity contribution in [3.8, 4) is 0 Å². The number of carbonyl (C=O) groups excluding carboxylic acids is 3. The molecule has 0 amide bonds. The van der Waals surface area contributed by atoms with Crippen LogP contribution in [0.2, 0.25) is 0 Å². The number of phosphoric ester groups is 1. The van der Waals surface area contributed by atoms with E-state index in [1.807, 2.05) is 45.4 Å². The normalized spacial score (nSPS) is 18.3. The van der Waals surface area contributed by atoms with Crippen LogP contribution in [0.4, 0.5) is 0 Å². The highest BCUT2D eigenvalue weighted by atomic mass is 31.2. The highest BCUT2D eigenvalue weighted by Crippen LogP contribution is 2.38. The minimum Gasteiger partial charge on any atom is -0.756 e. The number of hydrogen-bond acceptors (Lipinski definition) is 10. The summed E-state index contributed by atoms with van der Waals surface area (Å²) in [6.07, 6.45) is 32.0. The summed E-state index contributed by atoms with van der Waals surface area (Å²) in [5.74, 6) is -1.21. The molecule has 0 aliphatic heterocycles. The largest absolute Gasteiger partial charge is 0.756 e. The molecule has 322 valence electrons. The van der Waals surface area contributed by atoms with Crippen molar-refractivity contribution in [1.82, 2.24) is 0 Å². The van der Waals surface area contributed by atoms with Gasteiger partial charge in [-0.1, -0.05) is 114 Å². The molecule has 0 aromatic heterocycles. The number of quaternary nitrogens is 1. The lowest BCUT2D eigenvalue weighted by Gasteiger charge is -2.28. The third-order valence-electron chi connectivity index (χ3n) is 9.57. The van der Waals surface area contributed by atoms with Crippen LogP contribution in [-0.4, -0.2) is 87.0 Å². The van der Waals surface area contributed by atoms with Gasteiger partial charge in [-0.05, 0) is 69.8 Å². The zero-order valence-electron chi connectivity index (χ0n) is 35.4. The number of allylic oxidation sites excluding steroid dienone is 7. The summed E-state index contributed by atoms with van der Waals surface area (Å²) in [6.45, 7) is 3.85. The molecule has 56 heavy (non-hydrogen) atoms. The summed E-state index contributed by atoms with van der Waals surface area (Å²) >= 11 is 0. The number of ether oxygens (including phenoxy) is 2. The van der Waals surface area contributed by atoms with Gasteiger partial charge in [-0.15, -0.1) is 0 Å². The lowest BCUT2D eigenvalue weighted by molar-refractivity contribution is -0.870. The second-order valence-electron chi connectivity index (χ2n) is 16.0. The molecule has 5 atom stereocenters. The van der Waals surface area contributed by atoms with Gasteiger partial charge in [0.05, 0.1) is 33.9 Å². The second kappa shape index (κ2) is 31.6. The van der Waals surface area contributed by atoms with Crippen molar-refractivity contribution in [2.75, 3.05) is 47.5 Å². The topological polar surface area (TPSA) is 148 Å². The Morgan fingerprint density at radius 2 is 1.43 bits per heavy atom. The summed E-state index contributed by atoms with van der Waals surface area (Å²) < 4.78 is 33.8. The van der Waals surface area contributed by atoms with Crippen molar-refractivity contribution < 1.29 is 52.0 Å². The Labute approximate surface area is 339 Å². The first-order valence-electron chi connectivity index (χ1n) is 21.4. The highest BCUT2D eigenvalue weighted by Gasteiger charge is 2.27. The third kappa shape index (κ3) is 28.9. The first-order valence-corrected chi connectivity index (χ1v) is 22.9. The molecule has 1 aliphatic rings. The number of hydrogen-bond donors (Lipinski definition) is 1. The van der Waals surface area contributed by atoms with Crippen molar-refractivity contribution in [2.24, 2.45) is 11.8 Å². The van der Waals surface area contributed by atoms with Gasteiger partial charge in [0, 0.05) is 18.8 Å². The van der Waals surface area contributed by atoms with Crippen molar-refractivity contribution in [1.29, 1.82) is 0 Å². The molecular formula is C44H76NO10P. The van der Waals surface area contributed by atoms with Crippen LogP contribution in [0.5, 0.6) is 0 Å². The van der Waals surface area contributed by atoms with E-state index >= 15 is 0 Å². The maximum atomic E-state index is 12.7. The number of esters is 2. The van der Waals surface area contributed by atoms with Crippen LogP contribution in [0, 0.1) is 11.8 Å². The molecule has 12 heteroatoms. The molecule has 0 saturated heterocycles. The molecule has 11 nitrogen and oxygen atoms in total. The summed E-state index contributed by atoms with van der Waals surface area (Å²) in [5.41, 5.74) is 0. The summed E-state index contributed by atoms with van der Waals surface area (Å²) in [6, 6.07) is 0. The van der Waals surface area contributed by atoms with Gasteiger partial charge in [0.15, 0.2) is 11.9 Å². The Balaban J connectivity index is 2.49. The Morgan fingerprint density at radius 1 is 0.821 bits per heavy atom. The molecule has 0 bridgehead atoms. The minimum absolute atomic E-state index is 0.0272. The van der Waals surface area contributed by atoms with Crippen LogP contribution in [0.3, 0.4) is 0 Å². The van der Waals surface area contributed by atoms with Crippen LogP contribution in [0.1, 0.15) is 142 Å². The number of ketones is 1. The summed E-state index contributed by atoms with van der Waals surface area (Å²) in [5, 5.41) is 10.2. The van der Waals surface area contributed by atoms with Crippen molar-refractivity contribution in [3.05, 3.63) is 48.6 Å². The van der Waals surface area contributed by atoms with Gasteiger partial charge in [-0.3, -0.25) is 18.9 Å². The van der Waals surface area contributed by atoms with Crippen LogP contribution in [-0.2, 0) is 37.5 Å². The van der Waals surface area contributed by atoms with Crippen LogP contribution >= 0.6 is 7.82 Å². The minimum atomic E-state index is -4.67. The molecule has 1 unspecified atom stereocenters. The van der Waals surface area contributed by atoms with E-state index in [1.54, 1.807) is 12.2 Å². The number of phosphoric acid groups is 1. The lowest BCUT2D eigenvalue weighted by Crippen LogP contribution is -2.37. The van der Waals surface area contributed by atoms with Gasteiger partial charge in [0.2, 0.25) is 0 Å². The number of rotatable bonds is 35. The average molecular weight is 810 g/mol. The van der Waals surface area contributed by atoms with Gasteiger partial charge in [-0.25, -0.2) is 0 Å². The van der Waals surface area contributed by atoms with Crippen molar-refractivity contribution in [2.45, 2.75) is 154 Å². The van der Waals surface area contributed by atoms with Crippen LogP contribution in [0.15, 0.2) is 48.6 Å². The van der Waals surface area contributed by atoms with E-state index in [2.05, 4.69) is 26.0 Å². The summed E-state index contributed by atoms with van der Waals surface area (Å²) in [4.78, 5) is 50.0. The monoisotopic (exact) mass is 810 g/mol. The lowest BCUT2D eigenvalue weighted by atomic mass is 9.90. The van der Waals surface area contributed by atoms with Crippen molar-refractivity contribution >= 4 is 25.5 Å². The Morgan fingerprint density at radius 3 is 2.12 bits per heavy atom. The number of nitrogens with zero attached hydrogens (tertiary/aromatic N) is 1. The predicted molar refractivity (Wildman–Crippen MR) is 221 cm³/mol. The number of carbonyl (C=O) groups is 3. The molecule has 0 saturated carbocycles. The van der Waals surface area contributed by atoms with Gasteiger partial charge in [-0.2, -0.15) is 0 Å². The number of unbranched alkanes of at least 4 members (excludes halogenated alkanes) is 12. The standard InChI is InChI=1S/C44H76NO10P/c1-6-8-10-11-12-13-14-15-16-17-18-19-25-29-44(49)55-40(37-54-56(50,51)53-35-34-45(3,4)5)36-52-43(48)28-24-21-20-23-26-38-30-33-42(47)41(38)32-31-39(46)27-22-9-7-2/h13-14,20,23,30-33,38-41,46H,6-12,15-19,21-22,24-29,34-37H2,1-5H3/b14-13-,23-20-,32-31+/t38-,39-,40+,41+/m0/s1. The van der Waals surface area contributed by atoms with Crippen LogP contribution < -0.4 is 4.89 Å². The molecule has 0 radical (unpaired) electrons. The quantitative estimate of drug-likeness (QED) is 0.0216. The molecule has 0 spiro atoms. The van der Waals surface area contributed by atoms with Gasteiger partial charge < -0.3 is 33.0 Å². The van der Waals surface area contributed by atoms with Crippen LogP contribution in [0.25, 0.3) is 0 Å². The molecular weight excluding hydrogens is 733 g/mol. The van der Waals surface area contributed by atoms with Gasteiger partial charge in [0.1, 0.15) is 19.8 Å². The SMILES string of the molecule is CCCCCC/C=C\CCCCCCCC(=O)O[C@H](COC(=O)CCC/C=C\C[C@H]1C=CC(=O)[C@@H]1/C=C/[C@@H](O)CCCCC)COP(=O)([O-])OCC[N+](C)(C)C. The number of aliphatic hydroxyl groups excluding tert-OH is 1. The molecule has 1 aliphatic carbocycles. The fourth-order valence-electron chi connectivity index (χ4n) is 6.05. The number of likely N-dealkylation sites (N-methyl/N-ethyl adjacent to an activating group) is 1. The Bertz CT molecular complexity index is 1240. The smallest absolute Gasteiger partial charge is 0.306 e. The maximum Gasteiger partial charge on any atom is 0.306 e. The van der Waals surface area contributed by atoms with E-state index in [1.165, 1.54) is 25.7 Å². The number of aliphatic hydroxyl groups is 1. The molecule has 0 aromatic rings. The maximum absolute atomic E-state index is 12.7. The van der Waals surface area contributed by atoms with E-state index in [0.29, 0.717) is 43.1 Å². The summed E-state index contributed by atoms with van der Waals surface area (Å²) in [7, 11) is 1.05. The first-order chi connectivity index (χ1) is 26.8. The fraction of sp³-hybridized carbons (Fsp3) is 0.750. The molecule has 0 fully saturated rings. The van der Waals surface area contributed by atoms with Crippen molar-refractivity contribution in [3.63, 3.8) is 0 Å². The first kappa shape index (κ1) is 51.6. The zero-order chi connectivity index (χ0) is 41.5. The Hall–Kier alpha value is -2.40. The van der Waals surface area contributed by atoms with E-state index < -0.39 is 38.6 Å². The van der Waals surface area contributed by atoms with E-state index in [9.17, 15) is 28.9 Å². The average Bonchev–Trinajstić information content (AvgIpc) is 3.49. The highest BCUT2D eigenvalue weighted by molar-refractivity contribution is 7.45. The molecule has 0 heterocycles. The predicted octanol–water partition coefficient (Wildman–Crippen LogP) is 8.89.